The highest BCUT2D eigenvalue weighted by molar-refractivity contribution is 7.36. The normalized spacial score (nSPS) is 10.3. The zero-order chi connectivity index (χ0) is 21.2. The molecule has 7 nitrogen and oxygen atoms in total. The first-order valence-electron chi connectivity index (χ1n) is 10.4. The summed E-state index contributed by atoms with van der Waals surface area (Å²) in [5.74, 6) is 2.71. The Kier molecular flexibility index (Phi) is 17.0. The Morgan fingerprint density at radius 3 is 1.50 bits per heavy atom. The van der Waals surface area contributed by atoms with Crippen LogP contribution in [0.1, 0.15) is 72.0 Å². The average molecular weight is 415 g/mol. The molecule has 0 spiro atoms. The third-order valence-corrected chi connectivity index (χ3v) is 4.62. The Hall–Kier alpha value is -1.27. The van der Waals surface area contributed by atoms with Gasteiger partial charge in [-0.05, 0) is 33.6 Å². The second-order valence-electron chi connectivity index (χ2n) is 6.23. The summed E-state index contributed by atoms with van der Waals surface area (Å²) in [6.45, 7) is 12.8. The molecule has 2 aromatic rings. The first-order valence-corrected chi connectivity index (χ1v) is 11.5. The van der Waals surface area contributed by atoms with E-state index in [1.165, 1.54) is 50.2 Å². The molecule has 0 saturated heterocycles. The number of aromatic nitrogens is 4. The maximum Gasteiger partial charge on any atom is 0.254 e. The van der Waals surface area contributed by atoms with Crippen molar-refractivity contribution in [2.24, 2.45) is 0 Å². The third kappa shape index (κ3) is 12.2. The highest BCUT2D eigenvalue weighted by Crippen LogP contribution is 2.10. The fourth-order valence-electron chi connectivity index (χ4n) is 2.61. The van der Waals surface area contributed by atoms with Gasteiger partial charge in [-0.2, -0.15) is 8.60 Å². The molecule has 0 aromatic carbocycles. The molecule has 0 atom stereocenters. The van der Waals surface area contributed by atoms with E-state index in [0.29, 0.717) is 0 Å². The van der Waals surface area contributed by atoms with E-state index in [1.807, 2.05) is 12.4 Å². The topological polar surface area (TPSA) is 94.7 Å². The molecule has 0 unspecified atom stereocenters. The van der Waals surface area contributed by atoms with Crippen LogP contribution in [0.3, 0.4) is 0 Å². The quantitative estimate of drug-likeness (QED) is 0.461. The van der Waals surface area contributed by atoms with E-state index in [9.17, 15) is 9.79 Å². The minimum atomic E-state index is -2.60. The lowest BCUT2D eigenvalue weighted by Gasteiger charge is -2.27. The second-order valence-corrected chi connectivity index (χ2v) is 6.94. The molecule has 0 amide bonds. The molecule has 0 saturated carbocycles. The Bertz CT molecular complexity index is 541. The summed E-state index contributed by atoms with van der Waals surface area (Å²) in [7, 11) is -2.60. The minimum Gasteiger partial charge on any atom is -0.820 e. The Labute approximate surface area is 171 Å². The van der Waals surface area contributed by atoms with Crippen molar-refractivity contribution in [3.63, 3.8) is 0 Å². The number of rotatable bonds is 10. The van der Waals surface area contributed by atoms with Crippen LogP contribution >= 0.6 is 8.60 Å². The van der Waals surface area contributed by atoms with Crippen LogP contribution in [0.4, 0.5) is 0 Å². The van der Waals surface area contributed by atoms with Crippen LogP contribution in [0.15, 0.2) is 24.8 Å². The lowest BCUT2D eigenvalue weighted by atomic mass is 10.2. The summed E-state index contributed by atoms with van der Waals surface area (Å²) in [4.78, 5) is 25.3. The Morgan fingerprint density at radius 1 is 0.821 bits per heavy atom. The highest BCUT2D eigenvalue weighted by Gasteiger charge is 2.07. The second kappa shape index (κ2) is 17.8. The fourth-order valence-corrected chi connectivity index (χ4v) is 2.82. The van der Waals surface area contributed by atoms with Crippen LogP contribution in [-0.4, -0.2) is 16.6 Å². The van der Waals surface area contributed by atoms with Crippen LogP contribution in [0.25, 0.3) is 0 Å². The van der Waals surface area contributed by atoms with Crippen molar-refractivity contribution in [1.82, 2.24) is 9.97 Å². The largest absolute Gasteiger partial charge is 0.820 e. The first-order chi connectivity index (χ1) is 13.5. The van der Waals surface area contributed by atoms with Crippen LogP contribution < -0.4 is 18.9 Å². The van der Waals surface area contributed by atoms with Crippen molar-refractivity contribution in [1.29, 1.82) is 0 Å². The fraction of sp³-hybridized carbons (Fsp3) is 0.700. The zero-order valence-corrected chi connectivity index (χ0v) is 19.1. The number of imidazole rings is 2. The van der Waals surface area contributed by atoms with Gasteiger partial charge in [0.15, 0.2) is 0 Å². The van der Waals surface area contributed by atoms with Gasteiger partial charge in [-0.15, -0.1) is 0 Å². The summed E-state index contributed by atoms with van der Waals surface area (Å²) in [5.41, 5.74) is 0. The lowest BCUT2D eigenvalue weighted by molar-refractivity contribution is -0.699. The van der Waals surface area contributed by atoms with Gasteiger partial charge in [0, 0.05) is 19.4 Å². The maximum absolute atomic E-state index is 9.41. The van der Waals surface area contributed by atoms with Crippen LogP contribution in [-0.2, 0) is 30.5 Å². The molecule has 0 aliphatic carbocycles. The molecule has 0 aliphatic rings. The standard InChI is InChI=1S/2C9H16N2.C2H5O3P/c2*1-3-5-6-9-10-7-8-11(9)4-2;1-2-5-6(3)4/h2*7-8H,3-6H2,1-2H3;2H2,1H3/q;;-2/p+2. The van der Waals surface area contributed by atoms with Gasteiger partial charge in [0.1, 0.15) is 24.8 Å². The van der Waals surface area contributed by atoms with E-state index < -0.39 is 8.60 Å². The highest BCUT2D eigenvalue weighted by atomic mass is 31.2. The zero-order valence-electron chi connectivity index (χ0n) is 18.2. The number of unbranched alkanes of at least 4 members (excludes halogenated alkanes) is 2. The van der Waals surface area contributed by atoms with Crippen molar-refractivity contribution in [3.05, 3.63) is 36.4 Å². The third-order valence-electron chi connectivity index (χ3n) is 4.15. The predicted octanol–water partition coefficient (Wildman–Crippen LogP) is 2.30. The van der Waals surface area contributed by atoms with Gasteiger partial charge in [-0.25, -0.2) is 19.1 Å². The van der Waals surface area contributed by atoms with Gasteiger partial charge in [-0.3, -0.25) is 0 Å². The van der Waals surface area contributed by atoms with Gasteiger partial charge in [0.25, 0.3) is 11.6 Å². The molecule has 2 heterocycles. The summed E-state index contributed by atoms with van der Waals surface area (Å²) < 4.78 is 8.51. The molecule has 162 valence electrons. The summed E-state index contributed by atoms with van der Waals surface area (Å²) in [6.07, 6.45) is 15.7. The van der Waals surface area contributed by atoms with Crippen molar-refractivity contribution in [2.45, 2.75) is 86.2 Å². The number of hydrogen-bond acceptors (Lipinski definition) is 3. The number of aromatic amines is 2. The van der Waals surface area contributed by atoms with E-state index in [-0.39, 0.29) is 6.61 Å². The molecule has 0 bridgehead atoms. The van der Waals surface area contributed by atoms with Crippen LogP contribution in [0.5, 0.6) is 0 Å². The molecule has 0 fully saturated rings. The van der Waals surface area contributed by atoms with Gasteiger partial charge >= 0.3 is 0 Å². The molecule has 0 aliphatic heterocycles. The van der Waals surface area contributed by atoms with Gasteiger partial charge in [0.2, 0.25) is 0 Å². The number of nitrogens with zero attached hydrogens (tertiary/aromatic N) is 2. The monoisotopic (exact) mass is 414 g/mol. The number of hydrogen-bond donors (Lipinski definition) is 2. The predicted molar refractivity (Wildman–Crippen MR) is 109 cm³/mol. The maximum atomic E-state index is 9.41. The van der Waals surface area contributed by atoms with E-state index in [1.54, 1.807) is 6.92 Å². The Balaban J connectivity index is 0.000000411. The van der Waals surface area contributed by atoms with Crippen molar-refractivity contribution in [3.8, 4) is 0 Å². The summed E-state index contributed by atoms with van der Waals surface area (Å²) >= 11 is 0. The van der Waals surface area contributed by atoms with E-state index >= 15 is 0 Å². The number of H-pyrrole nitrogens is 2. The van der Waals surface area contributed by atoms with Gasteiger partial charge < -0.3 is 14.3 Å². The number of nitrogens with one attached hydrogen (secondary N) is 2. The molecule has 8 heteroatoms. The SMILES string of the molecule is CCCCc1[nH]cc[n+]1CC.CCCCc1[nH]cc[n+]1CC.CCOP([O-])[O-]. The molecule has 0 radical (unpaired) electrons. The first kappa shape index (κ1) is 26.7. The van der Waals surface area contributed by atoms with Crippen LogP contribution in [0.2, 0.25) is 0 Å². The lowest BCUT2D eigenvalue weighted by Crippen LogP contribution is -2.34. The Morgan fingerprint density at radius 2 is 1.25 bits per heavy atom. The van der Waals surface area contributed by atoms with E-state index in [0.717, 1.165) is 13.1 Å². The molecule has 2 rings (SSSR count). The van der Waals surface area contributed by atoms with E-state index in [4.69, 9.17) is 0 Å². The van der Waals surface area contributed by atoms with Crippen LogP contribution in [0, 0.1) is 0 Å². The van der Waals surface area contributed by atoms with Gasteiger partial charge in [-0.1, -0.05) is 26.7 Å². The van der Waals surface area contributed by atoms with Crippen molar-refractivity contribution >= 4 is 8.60 Å². The molecule has 2 N–H and O–H groups in total. The summed E-state index contributed by atoms with van der Waals surface area (Å²) in [5, 5.41) is 0. The van der Waals surface area contributed by atoms with Crippen molar-refractivity contribution in [2.75, 3.05) is 6.61 Å². The number of aryl methyl sites for hydroxylation is 4. The molecule has 28 heavy (non-hydrogen) atoms. The van der Waals surface area contributed by atoms with Crippen molar-refractivity contribution < 1.29 is 23.4 Å². The van der Waals surface area contributed by atoms with E-state index in [2.05, 4.69) is 63.7 Å². The average Bonchev–Trinajstić information content (AvgIpc) is 3.34. The molecule has 2 aromatic heterocycles. The minimum absolute atomic E-state index is 0.235. The smallest absolute Gasteiger partial charge is 0.254 e. The molecular weight excluding hydrogens is 375 g/mol. The van der Waals surface area contributed by atoms with Gasteiger partial charge in [0.05, 0.1) is 13.1 Å². The molecular formula is C20H39N4O3P. The summed E-state index contributed by atoms with van der Waals surface area (Å²) in [6, 6.07) is 0.